The molecule has 196 valence electrons. The second-order valence-electron chi connectivity index (χ2n) is 11.5. The zero-order valence-corrected chi connectivity index (χ0v) is 21.3. The minimum Gasteiger partial charge on any atom is -0.339 e. The fourth-order valence-electron chi connectivity index (χ4n) is 6.02. The van der Waals surface area contributed by atoms with Crippen molar-refractivity contribution in [2.45, 2.75) is 101 Å². The van der Waals surface area contributed by atoms with E-state index in [1.807, 2.05) is 0 Å². The number of urea groups is 1. The van der Waals surface area contributed by atoms with Crippen molar-refractivity contribution in [2.24, 2.45) is 0 Å². The number of hydrogen-bond donors (Lipinski definition) is 1. The number of rotatable bonds is 5. The van der Waals surface area contributed by atoms with Crippen LogP contribution in [0.1, 0.15) is 76.9 Å². The van der Waals surface area contributed by atoms with E-state index in [1.165, 1.54) is 0 Å². The average molecular weight is 495 g/mol. The van der Waals surface area contributed by atoms with Gasteiger partial charge in [0.05, 0.1) is 12.0 Å². The van der Waals surface area contributed by atoms with E-state index in [9.17, 15) is 9.18 Å². The standard InChI is InChI=1S/C25H40F2N6O2/c1-16(2)31-11-13-32(14-12-31)20-6-4-5-18(26)21(20)28-24(34)33-9-7-25(3,8-10-33)23-29-22(35-30-23)17-15-19(17)27/h16-21H,4-15H2,1-3H3,(H,28,34)/t17?,18-,19+,20-,21-/m1/s1. The molecule has 1 unspecified atom stereocenters. The summed E-state index contributed by atoms with van der Waals surface area (Å²) in [6.07, 6.45) is 2.23. The van der Waals surface area contributed by atoms with Crippen LogP contribution in [0.4, 0.5) is 13.6 Å². The number of hydrogen-bond acceptors (Lipinski definition) is 6. The number of alkyl halides is 2. The Morgan fingerprint density at radius 2 is 1.77 bits per heavy atom. The van der Waals surface area contributed by atoms with Gasteiger partial charge in [-0.2, -0.15) is 4.98 Å². The van der Waals surface area contributed by atoms with Gasteiger partial charge in [0.2, 0.25) is 5.89 Å². The van der Waals surface area contributed by atoms with Crippen LogP contribution in [0.25, 0.3) is 0 Å². The third kappa shape index (κ3) is 5.19. The largest absolute Gasteiger partial charge is 0.339 e. The second kappa shape index (κ2) is 9.92. The lowest BCUT2D eigenvalue weighted by atomic mass is 9.79. The Labute approximate surface area is 206 Å². The fraction of sp³-hybridized carbons (Fsp3) is 0.880. The molecule has 1 aromatic rings. The molecule has 2 aliphatic carbocycles. The number of carbonyl (C=O) groups is 1. The Morgan fingerprint density at radius 3 is 2.40 bits per heavy atom. The molecule has 4 aliphatic rings. The topological polar surface area (TPSA) is 77.7 Å². The van der Waals surface area contributed by atoms with Gasteiger partial charge in [-0.15, -0.1) is 0 Å². The first-order chi connectivity index (χ1) is 16.7. The smallest absolute Gasteiger partial charge is 0.317 e. The van der Waals surface area contributed by atoms with Crippen LogP contribution in [0, 0.1) is 0 Å². The van der Waals surface area contributed by atoms with E-state index in [4.69, 9.17) is 4.52 Å². The number of nitrogens with one attached hydrogen (secondary N) is 1. The van der Waals surface area contributed by atoms with E-state index < -0.39 is 18.4 Å². The molecule has 2 saturated heterocycles. The number of carbonyl (C=O) groups excluding carboxylic acids is 1. The fourth-order valence-corrected chi connectivity index (χ4v) is 6.02. The van der Waals surface area contributed by atoms with Crippen LogP contribution in [0.3, 0.4) is 0 Å². The van der Waals surface area contributed by atoms with Crippen LogP contribution in [-0.4, -0.2) is 101 Å². The molecule has 0 aromatic carbocycles. The molecule has 5 atom stereocenters. The molecule has 5 rings (SSSR count). The lowest BCUT2D eigenvalue weighted by Gasteiger charge is -2.46. The van der Waals surface area contributed by atoms with E-state index in [2.05, 4.69) is 46.0 Å². The SMILES string of the molecule is CC(C)N1CCN([C@@H]2CCC[C@@H](F)[C@H]2NC(=O)N2CCC(C)(c3noc(C4C[C@@H]4F)n3)CC2)CC1. The van der Waals surface area contributed by atoms with Gasteiger partial charge >= 0.3 is 6.03 Å². The summed E-state index contributed by atoms with van der Waals surface area (Å²) in [6, 6.07) is -0.0840. The highest BCUT2D eigenvalue weighted by molar-refractivity contribution is 5.75. The van der Waals surface area contributed by atoms with E-state index in [-0.39, 0.29) is 23.4 Å². The molecule has 2 aliphatic heterocycles. The van der Waals surface area contributed by atoms with Crippen molar-refractivity contribution in [1.82, 2.24) is 30.2 Å². The Bertz CT molecular complexity index is 881. The lowest BCUT2D eigenvalue weighted by Crippen LogP contribution is -2.63. The zero-order valence-electron chi connectivity index (χ0n) is 21.3. The molecule has 2 saturated carbocycles. The number of likely N-dealkylation sites (tertiary alicyclic amines) is 1. The van der Waals surface area contributed by atoms with Crippen molar-refractivity contribution >= 4 is 6.03 Å². The Morgan fingerprint density at radius 1 is 1.09 bits per heavy atom. The summed E-state index contributed by atoms with van der Waals surface area (Å²) < 4.78 is 33.8. The molecular weight excluding hydrogens is 454 g/mol. The van der Waals surface area contributed by atoms with Gasteiger partial charge in [-0.25, -0.2) is 13.6 Å². The number of halogens is 2. The molecule has 4 fully saturated rings. The summed E-state index contributed by atoms with van der Waals surface area (Å²) >= 11 is 0. The van der Waals surface area contributed by atoms with Crippen molar-refractivity contribution in [3.63, 3.8) is 0 Å². The third-order valence-corrected chi connectivity index (χ3v) is 8.79. The summed E-state index contributed by atoms with van der Waals surface area (Å²) in [5, 5.41) is 7.21. The Hall–Kier alpha value is -1.81. The van der Waals surface area contributed by atoms with E-state index in [0.29, 0.717) is 56.5 Å². The van der Waals surface area contributed by atoms with E-state index in [1.54, 1.807) is 4.90 Å². The number of aromatic nitrogens is 2. The van der Waals surface area contributed by atoms with Gasteiger partial charge in [-0.3, -0.25) is 9.80 Å². The number of amides is 2. The number of nitrogens with zero attached hydrogens (tertiary/aromatic N) is 5. The van der Waals surface area contributed by atoms with Gasteiger partial charge in [0.15, 0.2) is 5.82 Å². The van der Waals surface area contributed by atoms with E-state index >= 15 is 4.39 Å². The Kier molecular flexibility index (Phi) is 7.05. The minimum absolute atomic E-state index is 0.0478. The maximum absolute atomic E-state index is 15.1. The highest BCUT2D eigenvalue weighted by Crippen LogP contribution is 2.43. The summed E-state index contributed by atoms with van der Waals surface area (Å²) in [5.41, 5.74) is -0.314. The van der Waals surface area contributed by atoms with E-state index in [0.717, 1.165) is 39.0 Å². The second-order valence-corrected chi connectivity index (χ2v) is 11.5. The Balaban J connectivity index is 1.17. The predicted octanol–water partition coefficient (Wildman–Crippen LogP) is 3.24. The molecule has 1 N–H and O–H groups in total. The third-order valence-electron chi connectivity index (χ3n) is 8.79. The summed E-state index contributed by atoms with van der Waals surface area (Å²) in [4.78, 5) is 24.3. The summed E-state index contributed by atoms with van der Waals surface area (Å²) in [6.45, 7) is 11.4. The quantitative estimate of drug-likeness (QED) is 0.677. The normalized spacial score (nSPS) is 34.2. The van der Waals surface area contributed by atoms with Crippen molar-refractivity contribution in [3.8, 4) is 0 Å². The summed E-state index contributed by atoms with van der Waals surface area (Å²) in [7, 11) is 0. The molecule has 0 bridgehead atoms. The summed E-state index contributed by atoms with van der Waals surface area (Å²) in [5.74, 6) is 0.736. The van der Waals surface area contributed by atoms with Crippen molar-refractivity contribution < 1.29 is 18.1 Å². The average Bonchev–Trinajstić information content (AvgIpc) is 3.36. The van der Waals surface area contributed by atoms with Crippen LogP contribution in [0.2, 0.25) is 0 Å². The van der Waals surface area contributed by atoms with Crippen LogP contribution in [-0.2, 0) is 5.41 Å². The molecule has 2 amide bonds. The number of piperazine rings is 1. The zero-order chi connectivity index (χ0) is 24.7. The van der Waals surface area contributed by atoms with Gasteiger partial charge in [-0.1, -0.05) is 12.1 Å². The van der Waals surface area contributed by atoms with Gasteiger partial charge in [-0.05, 0) is 52.4 Å². The molecule has 0 spiro atoms. The van der Waals surface area contributed by atoms with Crippen LogP contribution < -0.4 is 5.32 Å². The van der Waals surface area contributed by atoms with Crippen LogP contribution in [0.15, 0.2) is 4.52 Å². The van der Waals surface area contributed by atoms with Gasteiger partial charge in [0.25, 0.3) is 0 Å². The van der Waals surface area contributed by atoms with Crippen molar-refractivity contribution in [2.75, 3.05) is 39.3 Å². The minimum atomic E-state index is -1.02. The molecule has 10 heteroatoms. The molecule has 35 heavy (non-hydrogen) atoms. The number of piperidine rings is 1. The molecule has 0 radical (unpaired) electrons. The lowest BCUT2D eigenvalue weighted by molar-refractivity contribution is 0.0264. The van der Waals surface area contributed by atoms with Crippen LogP contribution in [0.5, 0.6) is 0 Å². The van der Waals surface area contributed by atoms with Gasteiger partial charge in [0.1, 0.15) is 12.3 Å². The van der Waals surface area contributed by atoms with Gasteiger partial charge in [0, 0.05) is 56.8 Å². The van der Waals surface area contributed by atoms with Gasteiger partial charge < -0.3 is 14.7 Å². The first-order valence-corrected chi connectivity index (χ1v) is 13.4. The first-order valence-electron chi connectivity index (χ1n) is 13.4. The molecule has 3 heterocycles. The monoisotopic (exact) mass is 494 g/mol. The predicted molar refractivity (Wildman–Crippen MR) is 128 cm³/mol. The maximum atomic E-state index is 15.1. The van der Waals surface area contributed by atoms with Crippen LogP contribution >= 0.6 is 0 Å². The highest BCUT2D eigenvalue weighted by atomic mass is 19.1. The first kappa shape index (κ1) is 24.9. The van der Waals surface area contributed by atoms with Crippen molar-refractivity contribution in [3.05, 3.63) is 11.7 Å². The maximum Gasteiger partial charge on any atom is 0.317 e. The molecule has 1 aromatic heterocycles. The highest BCUT2D eigenvalue weighted by Gasteiger charge is 2.46. The molecular formula is C25H40F2N6O2. The molecule has 8 nitrogen and oxygen atoms in total. The van der Waals surface area contributed by atoms with Crippen molar-refractivity contribution in [1.29, 1.82) is 0 Å².